The molecule has 0 N–H and O–H groups in total. The number of amides is 3. The molecule has 0 saturated carbocycles. The fourth-order valence-corrected chi connectivity index (χ4v) is 4.19. The van der Waals surface area contributed by atoms with Crippen LogP contribution < -0.4 is 0 Å². The van der Waals surface area contributed by atoms with Crippen LogP contribution in [0.5, 0.6) is 0 Å². The van der Waals surface area contributed by atoms with Crippen molar-refractivity contribution in [3.05, 3.63) is 52.9 Å². The van der Waals surface area contributed by atoms with Gasteiger partial charge in [-0.2, -0.15) is 0 Å². The zero-order valence-corrected chi connectivity index (χ0v) is 17.7. The summed E-state index contributed by atoms with van der Waals surface area (Å²) in [7, 11) is 1.54. The van der Waals surface area contributed by atoms with Gasteiger partial charge in [-0.3, -0.25) is 14.4 Å². The Hall–Kier alpha value is -3.20. The van der Waals surface area contributed by atoms with E-state index in [0.29, 0.717) is 43.9 Å². The summed E-state index contributed by atoms with van der Waals surface area (Å²) in [5.41, 5.74) is 1.83. The fourth-order valence-electron chi connectivity index (χ4n) is 4.19. The van der Waals surface area contributed by atoms with Gasteiger partial charge in [-0.15, -0.1) is 0 Å². The molecule has 1 aromatic heterocycles. The van der Waals surface area contributed by atoms with Crippen molar-refractivity contribution in [3.63, 3.8) is 0 Å². The predicted molar refractivity (Wildman–Crippen MR) is 110 cm³/mol. The molecule has 3 amide bonds. The molecule has 2 fully saturated rings. The van der Waals surface area contributed by atoms with Crippen molar-refractivity contribution >= 4 is 17.7 Å². The first-order valence-electron chi connectivity index (χ1n) is 10.3. The molecule has 1 aromatic carbocycles. The number of carbonyl (C=O) groups excluding carboxylic acids is 3. The minimum atomic E-state index is -0.555. The normalized spacial score (nSPS) is 19.4. The number of aromatic nitrogens is 1. The van der Waals surface area contributed by atoms with Crippen LogP contribution in [0.15, 0.2) is 34.9 Å². The Bertz CT molecular complexity index is 974. The molecule has 4 rings (SSSR count). The van der Waals surface area contributed by atoms with E-state index in [4.69, 9.17) is 9.26 Å². The van der Waals surface area contributed by atoms with E-state index >= 15 is 0 Å². The molecule has 0 spiro atoms. The average molecular weight is 426 g/mol. The lowest BCUT2D eigenvalue weighted by atomic mass is 10.1. The molecule has 0 radical (unpaired) electrons. The van der Waals surface area contributed by atoms with Gasteiger partial charge in [-0.05, 0) is 18.9 Å². The zero-order valence-electron chi connectivity index (χ0n) is 17.7. The maximum absolute atomic E-state index is 13.1. The van der Waals surface area contributed by atoms with Crippen LogP contribution in [0.2, 0.25) is 0 Å². The Morgan fingerprint density at radius 3 is 2.71 bits per heavy atom. The van der Waals surface area contributed by atoms with Crippen molar-refractivity contribution in [3.8, 4) is 0 Å². The second-order valence-electron chi connectivity index (χ2n) is 7.86. The summed E-state index contributed by atoms with van der Waals surface area (Å²) in [6, 6.07) is 9.07. The van der Waals surface area contributed by atoms with E-state index < -0.39 is 6.04 Å². The van der Waals surface area contributed by atoms with Gasteiger partial charge in [0.2, 0.25) is 11.8 Å². The third-order valence-electron chi connectivity index (χ3n) is 5.88. The van der Waals surface area contributed by atoms with Crippen LogP contribution >= 0.6 is 0 Å². The van der Waals surface area contributed by atoms with Gasteiger partial charge in [0.05, 0.1) is 12.2 Å². The summed E-state index contributed by atoms with van der Waals surface area (Å²) >= 11 is 0. The van der Waals surface area contributed by atoms with Gasteiger partial charge >= 0.3 is 0 Å². The molecular weight excluding hydrogens is 400 g/mol. The fraction of sp³-hybridized carbons (Fsp3) is 0.455. The van der Waals surface area contributed by atoms with Gasteiger partial charge in [0.1, 0.15) is 18.3 Å². The van der Waals surface area contributed by atoms with Crippen LogP contribution in [0.1, 0.15) is 33.8 Å². The second-order valence-corrected chi connectivity index (χ2v) is 7.86. The van der Waals surface area contributed by atoms with Crippen molar-refractivity contribution in [2.75, 3.05) is 33.3 Å². The Balaban J connectivity index is 1.48. The molecule has 1 unspecified atom stereocenters. The molecule has 164 valence electrons. The van der Waals surface area contributed by atoms with Gasteiger partial charge in [0.15, 0.2) is 5.69 Å². The van der Waals surface area contributed by atoms with Gasteiger partial charge in [-0.1, -0.05) is 35.5 Å². The van der Waals surface area contributed by atoms with Gasteiger partial charge in [-0.25, -0.2) is 0 Å². The number of benzene rings is 1. The molecule has 2 aliphatic rings. The number of methoxy groups -OCH3 is 1. The highest BCUT2D eigenvalue weighted by molar-refractivity contribution is 5.96. The molecular formula is C22H26N4O5. The van der Waals surface area contributed by atoms with Crippen molar-refractivity contribution < 1.29 is 23.6 Å². The van der Waals surface area contributed by atoms with Crippen LogP contribution in [0.3, 0.4) is 0 Å². The van der Waals surface area contributed by atoms with Gasteiger partial charge in [0, 0.05) is 33.3 Å². The van der Waals surface area contributed by atoms with Crippen molar-refractivity contribution in [1.82, 2.24) is 19.9 Å². The van der Waals surface area contributed by atoms with E-state index in [1.165, 1.54) is 0 Å². The van der Waals surface area contributed by atoms with Crippen molar-refractivity contribution in [2.45, 2.75) is 32.5 Å². The number of carbonyl (C=O) groups is 3. The first kappa shape index (κ1) is 21.0. The summed E-state index contributed by atoms with van der Waals surface area (Å²) in [5, 5.41) is 3.92. The number of nitrogens with zero attached hydrogens (tertiary/aromatic N) is 4. The molecule has 2 aromatic rings. The predicted octanol–water partition coefficient (Wildman–Crippen LogP) is 1.21. The van der Waals surface area contributed by atoms with E-state index in [2.05, 4.69) is 5.16 Å². The Kier molecular flexibility index (Phi) is 6.03. The number of fused-ring (bicyclic) bond motifs is 1. The molecule has 9 heteroatoms. The third-order valence-corrected chi connectivity index (χ3v) is 5.88. The molecule has 1 atom stereocenters. The summed E-state index contributed by atoms with van der Waals surface area (Å²) in [5.74, 6) is 0.103. The van der Waals surface area contributed by atoms with Crippen LogP contribution in [0.4, 0.5) is 0 Å². The Labute approximate surface area is 180 Å². The number of piperazine rings is 1. The first-order valence-corrected chi connectivity index (χ1v) is 10.3. The van der Waals surface area contributed by atoms with Crippen LogP contribution in [0, 0.1) is 6.92 Å². The second kappa shape index (κ2) is 8.89. The van der Waals surface area contributed by atoms with E-state index in [9.17, 15) is 14.4 Å². The van der Waals surface area contributed by atoms with Crippen molar-refractivity contribution in [1.29, 1.82) is 0 Å². The molecule has 2 saturated heterocycles. The molecule has 31 heavy (non-hydrogen) atoms. The van der Waals surface area contributed by atoms with Gasteiger partial charge in [0.25, 0.3) is 5.91 Å². The number of aryl methyl sites for hydroxylation is 1. The quantitative estimate of drug-likeness (QED) is 0.713. The van der Waals surface area contributed by atoms with E-state index in [0.717, 1.165) is 5.56 Å². The molecule has 2 aliphatic heterocycles. The number of hydrogen-bond acceptors (Lipinski definition) is 6. The maximum Gasteiger partial charge on any atom is 0.276 e. The topological polar surface area (TPSA) is 96.2 Å². The Morgan fingerprint density at radius 1 is 1.19 bits per heavy atom. The molecule has 9 nitrogen and oxygen atoms in total. The van der Waals surface area contributed by atoms with Crippen molar-refractivity contribution in [2.24, 2.45) is 0 Å². The lowest BCUT2D eigenvalue weighted by Gasteiger charge is -2.39. The molecule has 0 aliphatic carbocycles. The average Bonchev–Trinajstić information content (AvgIpc) is 2.98. The van der Waals surface area contributed by atoms with Crippen LogP contribution in [-0.2, 0) is 27.5 Å². The Morgan fingerprint density at radius 2 is 1.97 bits per heavy atom. The highest BCUT2D eigenvalue weighted by Crippen LogP contribution is 2.23. The smallest absolute Gasteiger partial charge is 0.276 e. The van der Waals surface area contributed by atoms with E-state index in [1.54, 1.807) is 28.7 Å². The largest absolute Gasteiger partial charge is 0.380 e. The summed E-state index contributed by atoms with van der Waals surface area (Å²) in [6.45, 7) is 3.43. The highest BCUT2D eigenvalue weighted by Gasteiger charge is 2.41. The number of ether oxygens (including phenoxy) is 1. The summed E-state index contributed by atoms with van der Waals surface area (Å²) < 4.78 is 10.3. The number of hydrogen-bond donors (Lipinski definition) is 0. The molecule has 3 heterocycles. The summed E-state index contributed by atoms with van der Waals surface area (Å²) in [4.78, 5) is 43.9. The minimum Gasteiger partial charge on any atom is -0.380 e. The van der Waals surface area contributed by atoms with Gasteiger partial charge < -0.3 is 24.0 Å². The van der Waals surface area contributed by atoms with E-state index in [1.807, 2.05) is 30.3 Å². The standard InChI is InChI=1S/C22H26N4O5/c1-15-17(14-30-2)20(23-31-15)22(29)24-9-8-18-21(28)25(12-16-6-4-3-5-7-16)13-19(27)26(18)11-10-24/h3-7,18H,8-14H2,1-2H3. The minimum absolute atomic E-state index is 0.0542. The summed E-state index contributed by atoms with van der Waals surface area (Å²) in [6.07, 6.45) is 0.387. The highest BCUT2D eigenvalue weighted by atomic mass is 16.5. The first-order chi connectivity index (χ1) is 15.0. The van der Waals surface area contributed by atoms with Crippen LogP contribution in [-0.4, -0.2) is 76.9 Å². The number of rotatable bonds is 5. The maximum atomic E-state index is 13.1. The monoisotopic (exact) mass is 426 g/mol. The van der Waals surface area contributed by atoms with E-state index in [-0.39, 0.29) is 36.6 Å². The zero-order chi connectivity index (χ0) is 22.0. The lowest BCUT2D eigenvalue weighted by Crippen LogP contribution is -2.59. The lowest BCUT2D eigenvalue weighted by molar-refractivity contribution is -0.156. The SMILES string of the molecule is COCc1c(C(=O)N2CCC3C(=O)N(Cc4ccccc4)CC(=O)N3CC2)noc1C. The van der Waals surface area contributed by atoms with Crippen LogP contribution in [0.25, 0.3) is 0 Å². The third kappa shape index (κ3) is 4.18. The molecule has 0 bridgehead atoms.